The van der Waals surface area contributed by atoms with Gasteiger partial charge in [0.1, 0.15) is 11.6 Å². The Bertz CT molecular complexity index is 883. The monoisotopic (exact) mass is 343 g/mol. The summed E-state index contributed by atoms with van der Waals surface area (Å²) in [5.41, 5.74) is 10.3. The Balaban J connectivity index is 1.63. The zero-order valence-corrected chi connectivity index (χ0v) is 14.7. The number of hydrogen-bond acceptors (Lipinski definition) is 3. The van der Waals surface area contributed by atoms with Crippen LogP contribution in [0.4, 0.5) is 5.69 Å². The number of nitrogens with zero attached hydrogens (tertiary/aromatic N) is 2. The molecule has 26 heavy (non-hydrogen) atoms. The molecule has 0 fully saturated rings. The third-order valence-corrected chi connectivity index (χ3v) is 3.89. The molecule has 0 atom stereocenters. The molecule has 2 aromatic carbocycles. The van der Waals surface area contributed by atoms with Gasteiger partial charge in [-0.05, 0) is 59.5 Å². The first-order valence-electron chi connectivity index (χ1n) is 8.37. The van der Waals surface area contributed by atoms with Crippen LogP contribution in [0.3, 0.4) is 0 Å². The summed E-state index contributed by atoms with van der Waals surface area (Å²) in [6, 6.07) is 19.9. The molecule has 0 saturated heterocycles. The third kappa shape index (κ3) is 5.05. The van der Waals surface area contributed by atoms with Gasteiger partial charge in [0, 0.05) is 12.4 Å². The van der Waals surface area contributed by atoms with E-state index in [2.05, 4.69) is 40.3 Å². The summed E-state index contributed by atoms with van der Waals surface area (Å²) in [6.07, 6.45) is 8.31. The fourth-order valence-electron chi connectivity index (χ4n) is 2.51. The van der Waals surface area contributed by atoms with Gasteiger partial charge in [-0.3, -0.25) is 4.98 Å². The van der Waals surface area contributed by atoms with Crippen molar-refractivity contribution in [3.8, 4) is 5.75 Å². The molecule has 0 radical (unpaired) electrons. The zero-order chi connectivity index (χ0) is 18.2. The molecular weight excluding hydrogens is 322 g/mol. The SMILES string of the molecule is COc1ccc(N=C(N)C=Cc2ccc(Cc3cccnc3)cc2)cc1. The van der Waals surface area contributed by atoms with Crippen LogP contribution in [-0.2, 0) is 6.42 Å². The molecule has 2 N–H and O–H groups in total. The summed E-state index contributed by atoms with van der Waals surface area (Å²) < 4.78 is 5.13. The first kappa shape index (κ1) is 17.4. The Morgan fingerprint density at radius 1 is 1.04 bits per heavy atom. The van der Waals surface area contributed by atoms with Gasteiger partial charge >= 0.3 is 0 Å². The smallest absolute Gasteiger partial charge is 0.124 e. The van der Waals surface area contributed by atoms with Crippen LogP contribution in [0.5, 0.6) is 5.75 Å². The predicted octanol–water partition coefficient (Wildman–Crippen LogP) is 4.38. The molecule has 0 amide bonds. The summed E-state index contributed by atoms with van der Waals surface area (Å²) in [6.45, 7) is 0. The second-order valence-corrected chi connectivity index (χ2v) is 5.85. The molecule has 1 heterocycles. The fourth-order valence-corrected chi connectivity index (χ4v) is 2.51. The van der Waals surface area contributed by atoms with E-state index < -0.39 is 0 Å². The van der Waals surface area contributed by atoms with E-state index in [4.69, 9.17) is 10.5 Å². The highest BCUT2D eigenvalue weighted by molar-refractivity contribution is 5.96. The lowest BCUT2D eigenvalue weighted by molar-refractivity contribution is 0.415. The number of aliphatic imine (C=N–C) groups is 1. The van der Waals surface area contributed by atoms with Gasteiger partial charge in [-0.2, -0.15) is 0 Å². The summed E-state index contributed by atoms with van der Waals surface area (Å²) >= 11 is 0. The minimum atomic E-state index is 0.453. The van der Waals surface area contributed by atoms with E-state index in [1.54, 1.807) is 19.4 Å². The maximum Gasteiger partial charge on any atom is 0.124 e. The highest BCUT2D eigenvalue weighted by Crippen LogP contribution is 2.17. The highest BCUT2D eigenvalue weighted by Gasteiger charge is 1.97. The average Bonchev–Trinajstić information content (AvgIpc) is 2.69. The highest BCUT2D eigenvalue weighted by atomic mass is 16.5. The molecule has 0 aliphatic rings. The molecule has 130 valence electrons. The molecule has 4 nitrogen and oxygen atoms in total. The van der Waals surface area contributed by atoms with Gasteiger partial charge in [0.2, 0.25) is 0 Å². The lowest BCUT2D eigenvalue weighted by atomic mass is 10.0. The van der Waals surface area contributed by atoms with Gasteiger partial charge in [-0.15, -0.1) is 0 Å². The largest absolute Gasteiger partial charge is 0.497 e. The normalized spacial score (nSPS) is 11.7. The lowest BCUT2D eigenvalue weighted by Gasteiger charge is -2.02. The lowest BCUT2D eigenvalue weighted by Crippen LogP contribution is -2.06. The summed E-state index contributed by atoms with van der Waals surface area (Å²) in [5.74, 6) is 1.25. The van der Waals surface area contributed by atoms with E-state index in [0.717, 1.165) is 23.4 Å². The molecule has 0 bridgehead atoms. The molecule has 0 aliphatic carbocycles. The van der Waals surface area contributed by atoms with Crippen molar-refractivity contribution in [2.24, 2.45) is 10.7 Å². The Morgan fingerprint density at radius 2 is 1.81 bits per heavy atom. The molecule has 0 aliphatic heterocycles. The maximum absolute atomic E-state index is 5.98. The van der Waals surface area contributed by atoms with E-state index in [1.165, 1.54) is 11.1 Å². The first-order chi connectivity index (χ1) is 12.7. The Kier molecular flexibility index (Phi) is 5.78. The Labute approximate surface area is 153 Å². The number of nitrogens with two attached hydrogens (primary N) is 1. The molecule has 3 rings (SSSR count). The van der Waals surface area contributed by atoms with Crippen molar-refractivity contribution >= 4 is 17.6 Å². The first-order valence-corrected chi connectivity index (χ1v) is 8.37. The van der Waals surface area contributed by atoms with Crippen LogP contribution in [0.25, 0.3) is 6.08 Å². The molecule has 0 unspecified atom stereocenters. The summed E-state index contributed by atoms with van der Waals surface area (Å²) in [7, 11) is 1.64. The van der Waals surface area contributed by atoms with Gasteiger partial charge in [-0.25, -0.2) is 4.99 Å². The van der Waals surface area contributed by atoms with Crippen LogP contribution in [0.15, 0.2) is 84.1 Å². The number of rotatable bonds is 6. The predicted molar refractivity (Wildman–Crippen MR) is 107 cm³/mol. The quantitative estimate of drug-likeness (QED) is 0.533. The second kappa shape index (κ2) is 8.62. The topological polar surface area (TPSA) is 60.5 Å². The van der Waals surface area contributed by atoms with Crippen LogP contribution in [0.2, 0.25) is 0 Å². The van der Waals surface area contributed by atoms with E-state index in [1.807, 2.05) is 42.6 Å². The van der Waals surface area contributed by atoms with Crippen molar-refractivity contribution in [3.63, 3.8) is 0 Å². The van der Waals surface area contributed by atoms with Crippen LogP contribution in [-0.4, -0.2) is 17.9 Å². The van der Waals surface area contributed by atoms with Crippen LogP contribution >= 0.6 is 0 Å². The van der Waals surface area contributed by atoms with Crippen LogP contribution < -0.4 is 10.5 Å². The Morgan fingerprint density at radius 3 is 2.46 bits per heavy atom. The minimum absolute atomic E-state index is 0.453. The van der Waals surface area contributed by atoms with E-state index >= 15 is 0 Å². The number of hydrogen-bond donors (Lipinski definition) is 1. The molecule has 0 saturated carbocycles. The van der Waals surface area contributed by atoms with Crippen molar-refractivity contribution in [1.29, 1.82) is 0 Å². The molecule has 4 heteroatoms. The van der Waals surface area contributed by atoms with Gasteiger partial charge in [0.15, 0.2) is 0 Å². The minimum Gasteiger partial charge on any atom is -0.497 e. The number of pyridine rings is 1. The third-order valence-electron chi connectivity index (χ3n) is 3.89. The van der Waals surface area contributed by atoms with Crippen LogP contribution in [0, 0.1) is 0 Å². The summed E-state index contributed by atoms with van der Waals surface area (Å²) in [5, 5.41) is 0. The van der Waals surface area contributed by atoms with E-state index in [0.29, 0.717) is 5.84 Å². The number of benzene rings is 2. The number of aromatic nitrogens is 1. The molecular formula is C22H21N3O. The summed E-state index contributed by atoms with van der Waals surface area (Å²) in [4.78, 5) is 8.51. The number of amidine groups is 1. The van der Waals surface area contributed by atoms with Crippen molar-refractivity contribution in [2.45, 2.75) is 6.42 Å². The van der Waals surface area contributed by atoms with Gasteiger partial charge in [0.05, 0.1) is 12.8 Å². The van der Waals surface area contributed by atoms with Crippen molar-refractivity contribution < 1.29 is 4.74 Å². The maximum atomic E-state index is 5.98. The van der Waals surface area contributed by atoms with E-state index in [9.17, 15) is 0 Å². The van der Waals surface area contributed by atoms with Gasteiger partial charge in [0.25, 0.3) is 0 Å². The van der Waals surface area contributed by atoms with E-state index in [-0.39, 0.29) is 0 Å². The average molecular weight is 343 g/mol. The molecule has 0 spiro atoms. The number of methoxy groups -OCH3 is 1. The Hall–Kier alpha value is -3.40. The molecule has 3 aromatic rings. The van der Waals surface area contributed by atoms with Crippen LogP contribution in [0.1, 0.15) is 16.7 Å². The zero-order valence-electron chi connectivity index (χ0n) is 14.7. The van der Waals surface area contributed by atoms with Gasteiger partial charge < -0.3 is 10.5 Å². The second-order valence-electron chi connectivity index (χ2n) is 5.85. The van der Waals surface area contributed by atoms with Gasteiger partial charge in [-0.1, -0.05) is 36.4 Å². The molecule has 1 aromatic heterocycles. The van der Waals surface area contributed by atoms with Crippen molar-refractivity contribution in [1.82, 2.24) is 4.98 Å². The van der Waals surface area contributed by atoms with Crippen molar-refractivity contribution in [3.05, 3.63) is 95.8 Å². The van der Waals surface area contributed by atoms with Crippen molar-refractivity contribution in [2.75, 3.05) is 7.11 Å². The number of ether oxygens (including phenoxy) is 1. The standard InChI is InChI=1S/C22H21N3O/c1-26-21-11-9-20(10-12-21)25-22(23)13-8-17-4-6-18(7-5-17)15-19-3-2-14-24-16-19/h2-14,16H,15H2,1H3,(H2,23,25). The fraction of sp³-hybridized carbons (Fsp3) is 0.0909.